The third-order valence-corrected chi connectivity index (χ3v) is 5.35. The van der Waals surface area contributed by atoms with E-state index in [2.05, 4.69) is 0 Å². The van der Waals surface area contributed by atoms with Crippen molar-refractivity contribution in [2.45, 2.75) is 18.0 Å². The van der Waals surface area contributed by atoms with Gasteiger partial charge in [0.05, 0.1) is 12.1 Å². The Morgan fingerprint density at radius 3 is 2.24 bits per heavy atom. The first-order chi connectivity index (χ1) is 10.1. The van der Waals surface area contributed by atoms with E-state index in [1.165, 1.54) is 12.1 Å². The van der Waals surface area contributed by atoms with Crippen molar-refractivity contribution in [1.29, 1.82) is 0 Å². The van der Waals surface area contributed by atoms with Crippen LogP contribution in [0.4, 0.5) is 0 Å². The lowest BCUT2D eigenvalue weighted by Gasteiger charge is -2.17. The molecule has 0 aliphatic carbocycles. The van der Waals surface area contributed by atoms with Crippen molar-refractivity contribution in [2.24, 2.45) is 5.73 Å². The smallest absolute Gasteiger partial charge is 0.269 e. The molecule has 2 N–H and O–H groups in total. The summed E-state index contributed by atoms with van der Waals surface area (Å²) in [6.07, 6.45) is 0. The predicted molar refractivity (Wildman–Crippen MR) is 77.8 cm³/mol. The Kier molecular flexibility index (Phi) is 3.27. The average Bonchev–Trinajstić information content (AvgIpc) is 2.69. The van der Waals surface area contributed by atoms with Gasteiger partial charge in [0.1, 0.15) is 4.90 Å². The van der Waals surface area contributed by atoms with E-state index in [4.69, 9.17) is 5.73 Å². The molecule has 0 bridgehead atoms. The SMILES string of the molecule is NCc1ccccc1CN1C(=O)c2ccccc2S1(=O)=O. The summed E-state index contributed by atoms with van der Waals surface area (Å²) >= 11 is 0. The molecule has 0 radical (unpaired) electrons. The van der Waals surface area contributed by atoms with Gasteiger partial charge in [-0.1, -0.05) is 36.4 Å². The van der Waals surface area contributed by atoms with Crippen molar-refractivity contribution in [3.8, 4) is 0 Å². The Labute approximate surface area is 123 Å². The van der Waals surface area contributed by atoms with Crippen molar-refractivity contribution >= 4 is 15.9 Å². The predicted octanol–water partition coefficient (Wildman–Crippen LogP) is 1.49. The van der Waals surface area contributed by atoms with Crippen LogP contribution in [-0.4, -0.2) is 18.6 Å². The zero-order valence-corrected chi connectivity index (χ0v) is 12.0. The van der Waals surface area contributed by atoms with E-state index in [0.717, 1.165) is 15.4 Å². The molecule has 2 aromatic rings. The maximum atomic E-state index is 12.5. The summed E-state index contributed by atoms with van der Waals surface area (Å²) in [7, 11) is -3.78. The van der Waals surface area contributed by atoms with Crippen LogP contribution in [0.25, 0.3) is 0 Å². The van der Waals surface area contributed by atoms with Crippen LogP contribution in [0.15, 0.2) is 53.4 Å². The first kappa shape index (κ1) is 13.8. The third kappa shape index (κ3) is 2.12. The van der Waals surface area contributed by atoms with Crippen molar-refractivity contribution in [1.82, 2.24) is 4.31 Å². The molecule has 2 aromatic carbocycles. The number of carbonyl (C=O) groups is 1. The molecule has 0 atom stereocenters. The van der Waals surface area contributed by atoms with Gasteiger partial charge >= 0.3 is 0 Å². The molecule has 6 heteroatoms. The lowest BCUT2D eigenvalue weighted by molar-refractivity contribution is 0.0865. The van der Waals surface area contributed by atoms with Crippen molar-refractivity contribution in [2.75, 3.05) is 0 Å². The van der Waals surface area contributed by atoms with Crippen LogP contribution in [0.2, 0.25) is 0 Å². The third-order valence-electron chi connectivity index (χ3n) is 3.56. The minimum atomic E-state index is -3.78. The molecule has 1 aliphatic heterocycles. The summed E-state index contributed by atoms with van der Waals surface area (Å²) in [5.41, 5.74) is 7.45. The number of hydrogen-bond acceptors (Lipinski definition) is 4. The first-order valence-corrected chi connectivity index (χ1v) is 7.92. The second-order valence-electron chi connectivity index (χ2n) is 4.79. The van der Waals surface area contributed by atoms with E-state index < -0.39 is 15.9 Å². The molecule has 21 heavy (non-hydrogen) atoms. The number of fused-ring (bicyclic) bond motifs is 1. The molecule has 5 nitrogen and oxygen atoms in total. The van der Waals surface area contributed by atoms with E-state index in [-0.39, 0.29) is 17.0 Å². The van der Waals surface area contributed by atoms with Crippen LogP contribution in [0.3, 0.4) is 0 Å². The van der Waals surface area contributed by atoms with Gasteiger partial charge in [-0.15, -0.1) is 0 Å². The molecule has 1 aliphatic rings. The lowest BCUT2D eigenvalue weighted by Crippen LogP contribution is -2.30. The van der Waals surface area contributed by atoms with Gasteiger partial charge in [-0.25, -0.2) is 12.7 Å². The van der Waals surface area contributed by atoms with Crippen LogP contribution < -0.4 is 5.73 Å². The maximum absolute atomic E-state index is 12.5. The van der Waals surface area contributed by atoms with Crippen LogP contribution in [0, 0.1) is 0 Å². The molecule has 1 amide bonds. The van der Waals surface area contributed by atoms with E-state index >= 15 is 0 Å². The van der Waals surface area contributed by atoms with E-state index in [1.807, 2.05) is 12.1 Å². The van der Waals surface area contributed by atoms with Gasteiger partial charge in [0, 0.05) is 6.54 Å². The fourth-order valence-electron chi connectivity index (χ4n) is 2.45. The fourth-order valence-corrected chi connectivity index (χ4v) is 4.00. The highest BCUT2D eigenvalue weighted by atomic mass is 32.2. The largest absolute Gasteiger partial charge is 0.326 e. The lowest BCUT2D eigenvalue weighted by atomic mass is 10.1. The number of sulfonamides is 1. The van der Waals surface area contributed by atoms with Gasteiger partial charge in [0.2, 0.25) is 0 Å². The topological polar surface area (TPSA) is 80.5 Å². The summed E-state index contributed by atoms with van der Waals surface area (Å²) in [5.74, 6) is -0.488. The highest BCUT2D eigenvalue weighted by Gasteiger charge is 2.40. The zero-order valence-electron chi connectivity index (χ0n) is 11.2. The Bertz CT molecular complexity index is 815. The Morgan fingerprint density at radius 1 is 0.952 bits per heavy atom. The highest BCUT2D eigenvalue weighted by Crippen LogP contribution is 2.31. The quantitative estimate of drug-likeness (QED) is 0.931. The summed E-state index contributed by atoms with van der Waals surface area (Å²) in [6.45, 7) is 0.300. The van der Waals surface area contributed by atoms with E-state index in [1.54, 1.807) is 24.3 Å². The van der Waals surface area contributed by atoms with Crippen LogP contribution in [0.1, 0.15) is 21.5 Å². The highest BCUT2D eigenvalue weighted by molar-refractivity contribution is 7.90. The van der Waals surface area contributed by atoms with Gasteiger partial charge < -0.3 is 5.73 Å². The number of carbonyl (C=O) groups excluding carboxylic acids is 1. The number of nitrogens with two attached hydrogens (primary N) is 1. The number of nitrogens with zero attached hydrogens (tertiary/aromatic N) is 1. The molecular weight excluding hydrogens is 288 g/mol. The molecular formula is C15H14N2O3S. The number of benzene rings is 2. The molecule has 1 heterocycles. The van der Waals surface area contributed by atoms with Crippen LogP contribution in [0.5, 0.6) is 0 Å². The zero-order chi connectivity index (χ0) is 15.0. The van der Waals surface area contributed by atoms with Gasteiger partial charge in [-0.3, -0.25) is 4.79 Å². The second-order valence-corrected chi connectivity index (χ2v) is 6.62. The van der Waals surface area contributed by atoms with Gasteiger partial charge in [0.25, 0.3) is 15.9 Å². The van der Waals surface area contributed by atoms with Crippen molar-refractivity contribution in [3.63, 3.8) is 0 Å². The maximum Gasteiger partial charge on any atom is 0.269 e. The van der Waals surface area contributed by atoms with Gasteiger partial charge in [-0.05, 0) is 23.3 Å². The summed E-state index contributed by atoms with van der Waals surface area (Å²) in [6, 6.07) is 13.5. The monoisotopic (exact) mass is 302 g/mol. The molecule has 0 aromatic heterocycles. The number of rotatable bonds is 3. The minimum absolute atomic E-state index is 0.00319. The Morgan fingerprint density at radius 2 is 1.57 bits per heavy atom. The van der Waals surface area contributed by atoms with E-state index in [9.17, 15) is 13.2 Å². The van der Waals surface area contributed by atoms with Crippen LogP contribution in [-0.2, 0) is 23.1 Å². The molecule has 3 rings (SSSR count). The van der Waals surface area contributed by atoms with Crippen LogP contribution >= 0.6 is 0 Å². The normalized spacial score (nSPS) is 16.0. The first-order valence-electron chi connectivity index (χ1n) is 6.48. The van der Waals surface area contributed by atoms with Gasteiger partial charge in [0.15, 0.2) is 0 Å². The molecule has 0 unspecified atom stereocenters. The Hall–Kier alpha value is -2.18. The summed E-state index contributed by atoms with van der Waals surface area (Å²) < 4.78 is 25.9. The number of hydrogen-bond donors (Lipinski definition) is 1. The average molecular weight is 302 g/mol. The van der Waals surface area contributed by atoms with Crippen molar-refractivity contribution < 1.29 is 13.2 Å². The molecule has 0 spiro atoms. The van der Waals surface area contributed by atoms with Crippen molar-refractivity contribution in [3.05, 3.63) is 65.2 Å². The fraction of sp³-hybridized carbons (Fsp3) is 0.133. The molecule has 0 fully saturated rings. The van der Waals surface area contributed by atoms with Gasteiger partial charge in [-0.2, -0.15) is 0 Å². The summed E-state index contributed by atoms with van der Waals surface area (Å²) in [4.78, 5) is 12.4. The second kappa shape index (κ2) is 4.98. The number of amides is 1. The standard InChI is InChI=1S/C15H14N2O3S/c16-9-11-5-1-2-6-12(11)10-17-15(18)13-7-3-4-8-14(13)21(17,19)20/h1-8H,9-10,16H2. The summed E-state index contributed by atoms with van der Waals surface area (Å²) in [5, 5.41) is 0. The molecule has 0 saturated heterocycles. The Balaban J connectivity index is 2.04. The molecule has 108 valence electrons. The molecule has 0 saturated carbocycles. The van der Waals surface area contributed by atoms with E-state index in [0.29, 0.717) is 6.54 Å². The minimum Gasteiger partial charge on any atom is -0.326 e.